The summed E-state index contributed by atoms with van der Waals surface area (Å²) in [4.78, 5) is 17.1. The first-order valence-corrected chi connectivity index (χ1v) is 9.56. The molecule has 2 N–H and O–H groups in total. The summed E-state index contributed by atoms with van der Waals surface area (Å²) in [5.74, 6) is 0.667. The molecule has 2 heterocycles. The van der Waals surface area contributed by atoms with Crippen LogP contribution in [0, 0.1) is 5.92 Å². The lowest BCUT2D eigenvalue weighted by Gasteiger charge is -2.45. The molecule has 3 fully saturated rings. The van der Waals surface area contributed by atoms with Gasteiger partial charge in [-0.3, -0.25) is 10.1 Å². The van der Waals surface area contributed by atoms with Crippen LogP contribution in [-0.2, 0) is 4.79 Å². The first-order chi connectivity index (χ1) is 11.0. The van der Waals surface area contributed by atoms with Gasteiger partial charge in [-0.25, -0.2) is 0 Å². The quantitative estimate of drug-likeness (QED) is 0.764. The predicted molar refractivity (Wildman–Crippen MR) is 96.1 cm³/mol. The highest BCUT2D eigenvalue weighted by molar-refractivity contribution is 7.80. The molecule has 5 nitrogen and oxygen atoms in total. The van der Waals surface area contributed by atoms with E-state index in [0.717, 1.165) is 44.0 Å². The monoisotopic (exact) mass is 338 g/mol. The van der Waals surface area contributed by atoms with Crippen molar-refractivity contribution in [2.45, 2.75) is 70.6 Å². The van der Waals surface area contributed by atoms with Gasteiger partial charge in [-0.1, -0.05) is 20.3 Å². The zero-order valence-corrected chi connectivity index (χ0v) is 15.4. The number of likely N-dealkylation sites (N-methyl/N-ethyl adjacent to an activating group) is 1. The number of carbonyl (C=O) groups is 1. The molecule has 6 heteroatoms. The van der Waals surface area contributed by atoms with Gasteiger partial charge in [-0.2, -0.15) is 0 Å². The normalized spacial score (nSPS) is 28.3. The molecule has 3 aliphatic rings. The van der Waals surface area contributed by atoms with E-state index in [1.165, 1.54) is 12.8 Å². The first-order valence-electron chi connectivity index (χ1n) is 9.15. The molecule has 23 heavy (non-hydrogen) atoms. The highest BCUT2D eigenvalue weighted by Crippen LogP contribution is 2.34. The molecule has 3 rings (SSSR count). The van der Waals surface area contributed by atoms with Crippen LogP contribution in [0.1, 0.15) is 52.9 Å². The van der Waals surface area contributed by atoms with Crippen LogP contribution >= 0.6 is 12.2 Å². The Hall–Kier alpha value is -0.880. The van der Waals surface area contributed by atoms with Crippen molar-refractivity contribution in [2.75, 3.05) is 19.6 Å². The molecule has 0 radical (unpaired) electrons. The first kappa shape index (κ1) is 17.0. The maximum absolute atomic E-state index is 12.8. The summed E-state index contributed by atoms with van der Waals surface area (Å²) in [5.41, 5.74) is -0.161. The van der Waals surface area contributed by atoms with E-state index in [-0.39, 0.29) is 17.6 Å². The zero-order chi connectivity index (χ0) is 16.6. The standard InChI is InChI=1S/C17H30N4OS/c1-4-12(3)14-15(22)21(5-2)17(19-14)8-10-20(11-9-17)16(23)18-13-6-7-13/h12-14,19H,4-11H2,1-3H3,(H,18,23)/t12-,14+/m1/s1. The third kappa shape index (κ3) is 3.20. The van der Waals surface area contributed by atoms with Crippen LogP contribution in [0.25, 0.3) is 0 Å². The van der Waals surface area contributed by atoms with E-state index in [9.17, 15) is 4.79 Å². The summed E-state index contributed by atoms with van der Waals surface area (Å²) < 4.78 is 0. The van der Waals surface area contributed by atoms with Gasteiger partial charge in [0.25, 0.3) is 0 Å². The second-order valence-corrected chi connectivity index (χ2v) is 7.72. The Morgan fingerprint density at radius 1 is 1.39 bits per heavy atom. The molecular formula is C17H30N4OS. The Labute approximate surface area is 145 Å². The minimum atomic E-state index is -0.161. The van der Waals surface area contributed by atoms with Crippen molar-refractivity contribution in [1.82, 2.24) is 20.4 Å². The molecule has 2 aliphatic heterocycles. The number of nitrogens with one attached hydrogen (secondary N) is 2. The van der Waals surface area contributed by atoms with Crippen LogP contribution in [0.2, 0.25) is 0 Å². The molecular weight excluding hydrogens is 308 g/mol. The molecule has 1 amide bonds. The number of hydrogen-bond donors (Lipinski definition) is 2. The molecule has 1 aliphatic carbocycles. The molecule has 0 unspecified atom stereocenters. The molecule has 0 aromatic heterocycles. The van der Waals surface area contributed by atoms with Gasteiger partial charge in [0.1, 0.15) is 0 Å². The molecule has 0 aromatic rings. The van der Waals surface area contributed by atoms with Crippen molar-refractivity contribution in [2.24, 2.45) is 5.92 Å². The molecule has 0 bridgehead atoms. The van der Waals surface area contributed by atoms with Crippen molar-refractivity contribution in [3.8, 4) is 0 Å². The largest absolute Gasteiger partial charge is 0.360 e. The average molecular weight is 339 g/mol. The summed E-state index contributed by atoms with van der Waals surface area (Å²) in [6.45, 7) is 9.04. The fourth-order valence-corrected chi connectivity index (χ4v) is 4.22. The Balaban J connectivity index is 1.65. The number of amides is 1. The van der Waals surface area contributed by atoms with Crippen LogP contribution in [0.3, 0.4) is 0 Å². The third-order valence-corrected chi connectivity index (χ3v) is 6.16. The Morgan fingerprint density at radius 2 is 2.04 bits per heavy atom. The fraction of sp³-hybridized carbons (Fsp3) is 0.882. The summed E-state index contributed by atoms with van der Waals surface area (Å²) in [5, 5.41) is 8.03. The zero-order valence-electron chi connectivity index (χ0n) is 14.6. The fourth-order valence-electron chi connectivity index (χ4n) is 3.88. The van der Waals surface area contributed by atoms with Gasteiger partial charge in [0.15, 0.2) is 5.11 Å². The third-order valence-electron chi connectivity index (χ3n) is 5.78. The van der Waals surface area contributed by atoms with Crippen LogP contribution < -0.4 is 10.6 Å². The molecule has 1 saturated carbocycles. The van der Waals surface area contributed by atoms with Crippen LogP contribution in [-0.4, -0.2) is 58.2 Å². The van der Waals surface area contributed by atoms with Crippen LogP contribution in [0.5, 0.6) is 0 Å². The van der Waals surface area contributed by atoms with Crippen molar-refractivity contribution < 1.29 is 4.79 Å². The van der Waals surface area contributed by atoms with Gasteiger partial charge < -0.3 is 15.1 Å². The maximum Gasteiger partial charge on any atom is 0.241 e. The summed E-state index contributed by atoms with van der Waals surface area (Å²) in [7, 11) is 0. The van der Waals surface area contributed by atoms with Crippen molar-refractivity contribution in [3.05, 3.63) is 0 Å². The maximum atomic E-state index is 12.8. The lowest BCUT2D eigenvalue weighted by molar-refractivity contribution is -0.133. The minimum absolute atomic E-state index is 0.0250. The number of piperidine rings is 1. The average Bonchev–Trinajstić information content (AvgIpc) is 3.32. The molecule has 1 spiro atoms. The van der Waals surface area contributed by atoms with E-state index in [4.69, 9.17) is 12.2 Å². The van der Waals surface area contributed by atoms with E-state index >= 15 is 0 Å². The summed E-state index contributed by atoms with van der Waals surface area (Å²) >= 11 is 5.53. The highest BCUT2D eigenvalue weighted by atomic mass is 32.1. The Bertz CT molecular complexity index is 471. The van der Waals surface area contributed by atoms with E-state index < -0.39 is 0 Å². The number of rotatable bonds is 4. The number of hydrogen-bond acceptors (Lipinski definition) is 3. The molecule has 0 aromatic carbocycles. The van der Waals surface area contributed by atoms with Crippen LogP contribution in [0.4, 0.5) is 0 Å². The van der Waals surface area contributed by atoms with Crippen molar-refractivity contribution in [1.29, 1.82) is 0 Å². The second-order valence-electron chi connectivity index (χ2n) is 7.33. The second kappa shape index (κ2) is 6.55. The van der Waals surface area contributed by atoms with Gasteiger partial charge in [0.05, 0.1) is 11.7 Å². The number of likely N-dealkylation sites (tertiary alicyclic amines) is 1. The van der Waals surface area contributed by atoms with Crippen LogP contribution in [0.15, 0.2) is 0 Å². The van der Waals surface area contributed by atoms with Gasteiger partial charge in [-0.15, -0.1) is 0 Å². The van der Waals surface area contributed by atoms with E-state index in [1.54, 1.807) is 0 Å². The van der Waals surface area contributed by atoms with E-state index in [1.807, 2.05) is 0 Å². The molecule has 2 atom stereocenters. The lowest BCUT2D eigenvalue weighted by atomic mass is 9.95. The predicted octanol–water partition coefficient (Wildman–Crippen LogP) is 1.68. The smallest absolute Gasteiger partial charge is 0.241 e. The summed E-state index contributed by atoms with van der Waals surface area (Å²) in [6, 6.07) is 0.578. The number of thiocarbonyl (C=S) groups is 1. The van der Waals surface area contributed by atoms with Crippen molar-refractivity contribution in [3.63, 3.8) is 0 Å². The van der Waals surface area contributed by atoms with E-state index in [2.05, 4.69) is 41.2 Å². The number of carbonyl (C=O) groups excluding carboxylic acids is 1. The van der Waals surface area contributed by atoms with Gasteiger partial charge >= 0.3 is 0 Å². The lowest BCUT2D eigenvalue weighted by Crippen LogP contribution is -2.60. The van der Waals surface area contributed by atoms with Gasteiger partial charge in [0, 0.05) is 38.5 Å². The van der Waals surface area contributed by atoms with Gasteiger partial charge in [-0.05, 0) is 37.9 Å². The molecule has 2 saturated heterocycles. The minimum Gasteiger partial charge on any atom is -0.360 e. The van der Waals surface area contributed by atoms with Crippen molar-refractivity contribution >= 4 is 23.2 Å². The Kier molecular flexibility index (Phi) is 4.83. The van der Waals surface area contributed by atoms with Gasteiger partial charge in [0.2, 0.25) is 5.91 Å². The highest BCUT2D eigenvalue weighted by Gasteiger charge is 2.51. The topological polar surface area (TPSA) is 47.6 Å². The number of nitrogens with zero attached hydrogens (tertiary/aromatic N) is 2. The SMILES string of the molecule is CC[C@@H](C)[C@@H]1NC2(CCN(C(=S)NC3CC3)CC2)N(CC)C1=O. The summed E-state index contributed by atoms with van der Waals surface area (Å²) in [6.07, 6.45) is 5.42. The Morgan fingerprint density at radius 3 is 2.57 bits per heavy atom. The van der Waals surface area contributed by atoms with E-state index in [0.29, 0.717) is 12.0 Å². The molecule has 130 valence electrons.